The number of hydrogen-bond acceptors (Lipinski definition) is 3. The molecule has 90 valence electrons. The van der Waals surface area contributed by atoms with E-state index in [0.29, 0.717) is 18.7 Å². The number of benzene rings is 1. The molecule has 1 aromatic carbocycles. The zero-order valence-electron chi connectivity index (χ0n) is 9.09. The summed E-state index contributed by atoms with van der Waals surface area (Å²) in [5.41, 5.74) is 0.256. The van der Waals surface area contributed by atoms with E-state index in [0.717, 1.165) is 0 Å². The maximum atomic E-state index is 10.8. The van der Waals surface area contributed by atoms with Crippen molar-refractivity contribution in [2.75, 3.05) is 11.9 Å². The Morgan fingerprint density at radius 3 is 2.65 bits per heavy atom. The van der Waals surface area contributed by atoms with E-state index >= 15 is 0 Å². The Morgan fingerprint density at radius 2 is 2.06 bits per heavy atom. The van der Waals surface area contributed by atoms with E-state index in [1.807, 2.05) is 0 Å². The predicted octanol–water partition coefficient (Wildman–Crippen LogP) is 3.73. The molecular formula is C11H10Cl2N2O2. The van der Waals surface area contributed by atoms with Crippen LogP contribution in [0.15, 0.2) is 12.1 Å². The van der Waals surface area contributed by atoms with E-state index in [4.69, 9.17) is 23.2 Å². The van der Waals surface area contributed by atoms with Gasteiger partial charge in [-0.2, -0.15) is 0 Å². The van der Waals surface area contributed by atoms with Crippen LogP contribution in [-0.2, 0) is 0 Å². The largest absolute Gasteiger partial charge is 0.378 e. The first kappa shape index (κ1) is 13.6. The van der Waals surface area contributed by atoms with Crippen molar-refractivity contribution in [1.82, 2.24) is 0 Å². The van der Waals surface area contributed by atoms with Gasteiger partial charge in [0.15, 0.2) is 0 Å². The molecule has 0 radical (unpaired) electrons. The van der Waals surface area contributed by atoms with Crippen LogP contribution in [0.1, 0.15) is 13.3 Å². The first-order valence-corrected chi connectivity index (χ1v) is 5.58. The van der Waals surface area contributed by atoms with Gasteiger partial charge in [0, 0.05) is 19.0 Å². The van der Waals surface area contributed by atoms with Gasteiger partial charge in [0.1, 0.15) is 5.69 Å². The minimum atomic E-state index is -0.504. The van der Waals surface area contributed by atoms with Gasteiger partial charge in [-0.25, -0.2) is 0 Å². The summed E-state index contributed by atoms with van der Waals surface area (Å²) >= 11 is 11.5. The van der Waals surface area contributed by atoms with Gasteiger partial charge < -0.3 is 5.32 Å². The molecule has 0 fully saturated rings. The van der Waals surface area contributed by atoms with Crippen LogP contribution in [0.5, 0.6) is 0 Å². The van der Waals surface area contributed by atoms with Crippen LogP contribution < -0.4 is 5.32 Å². The molecule has 17 heavy (non-hydrogen) atoms. The highest BCUT2D eigenvalue weighted by molar-refractivity contribution is 6.42. The first-order chi connectivity index (χ1) is 8.06. The average molecular weight is 273 g/mol. The molecule has 1 rings (SSSR count). The topological polar surface area (TPSA) is 55.2 Å². The van der Waals surface area contributed by atoms with Crippen molar-refractivity contribution in [2.24, 2.45) is 0 Å². The third-order valence-corrected chi connectivity index (χ3v) is 2.70. The van der Waals surface area contributed by atoms with Gasteiger partial charge in [-0.1, -0.05) is 23.2 Å². The maximum absolute atomic E-state index is 10.8. The molecule has 0 amide bonds. The van der Waals surface area contributed by atoms with Gasteiger partial charge in [0.25, 0.3) is 5.69 Å². The second kappa shape index (κ2) is 6.33. The molecule has 0 aliphatic rings. The number of anilines is 1. The van der Waals surface area contributed by atoms with Crippen molar-refractivity contribution in [2.45, 2.75) is 13.3 Å². The van der Waals surface area contributed by atoms with Crippen molar-refractivity contribution in [3.8, 4) is 11.8 Å². The molecule has 1 aromatic rings. The minimum absolute atomic E-state index is 0.0937. The van der Waals surface area contributed by atoms with Crippen LogP contribution in [0.3, 0.4) is 0 Å². The third-order valence-electron chi connectivity index (χ3n) is 1.98. The summed E-state index contributed by atoms with van der Waals surface area (Å²) in [6, 6.07) is 2.68. The highest BCUT2D eigenvalue weighted by atomic mass is 35.5. The average Bonchev–Trinajstić information content (AvgIpc) is 2.28. The maximum Gasteiger partial charge on any atom is 0.293 e. The second-order valence-corrected chi connectivity index (χ2v) is 3.96. The van der Waals surface area contributed by atoms with Gasteiger partial charge in [-0.05, 0) is 13.0 Å². The fourth-order valence-electron chi connectivity index (χ4n) is 1.21. The van der Waals surface area contributed by atoms with Crippen molar-refractivity contribution >= 4 is 34.6 Å². The molecular weight excluding hydrogens is 263 g/mol. The molecule has 6 heteroatoms. The smallest absolute Gasteiger partial charge is 0.293 e. The first-order valence-electron chi connectivity index (χ1n) is 4.83. The van der Waals surface area contributed by atoms with Gasteiger partial charge in [0.05, 0.1) is 15.0 Å². The monoisotopic (exact) mass is 272 g/mol. The van der Waals surface area contributed by atoms with E-state index in [9.17, 15) is 10.1 Å². The molecule has 0 atom stereocenters. The van der Waals surface area contributed by atoms with Crippen molar-refractivity contribution in [3.05, 3.63) is 32.3 Å². The Morgan fingerprint density at radius 1 is 1.41 bits per heavy atom. The zero-order valence-corrected chi connectivity index (χ0v) is 10.6. The fourth-order valence-corrected chi connectivity index (χ4v) is 1.54. The second-order valence-electron chi connectivity index (χ2n) is 3.14. The molecule has 4 nitrogen and oxygen atoms in total. The van der Waals surface area contributed by atoms with E-state index in [1.54, 1.807) is 6.92 Å². The molecule has 0 unspecified atom stereocenters. The van der Waals surface area contributed by atoms with Gasteiger partial charge >= 0.3 is 0 Å². The zero-order chi connectivity index (χ0) is 12.8. The van der Waals surface area contributed by atoms with E-state index in [-0.39, 0.29) is 15.7 Å². The van der Waals surface area contributed by atoms with E-state index in [1.165, 1.54) is 12.1 Å². The fraction of sp³-hybridized carbons (Fsp3) is 0.273. The van der Waals surface area contributed by atoms with Crippen LogP contribution >= 0.6 is 23.2 Å². The standard InChI is InChI=1S/C11H10Cl2N2O2/c1-2-3-4-5-14-10-6-8(12)9(13)7-11(10)15(16)17/h6-7,14H,4-5H2,1H3. The Kier molecular flexibility index (Phi) is 5.08. The van der Waals surface area contributed by atoms with Crippen LogP contribution in [0.4, 0.5) is 11.4 Å². The molecule has 0 aliphatic heterocycles. The summed E-state index contributed by atoms with van der Waals surface area (Å²) < 4.78 is 0. The van der Waals surface area contributed by atoms with Gasteiger partial charge in [-0.3, -0.25) is 10.1 Å². The Bertz CT molecular complexity index is 492. The molecule has 0 aliphatic carbocycles. The highest BCUT2D eigenvalue weighted by Gasteiger charge is 2.16. The lowest BCUT2D eigenvalue weighted by Crippen LogP contribution is -2.03. The van der Waals surface area contributed by atoms with E-state index < -0.39 is 4.92 Å². The van der Waals surface area contributed by atoms with E-state index in [2.05, 4.69) is 17.2 Å². The summed E-state index contributed by atoms with van der Waals surface area (Å²) in [5, 5.41) is 14.2. The SMILES string of the molecule is CC#CCCNc1cc(Cl)c(Cl)cc1[N+](=O)[O-]. The van der Waals surface area contributed by atoms with Gasteiger partial charge in [0.2, 0.25) is 0 Å². The molecule has 0 bridgehead atoms. The summed E-state index contributed by atoms with van der Waals surface area (Å²) in [5.74, 6) is 5.59. The van der Waals surface area contributed by atoms with Crippen molar-refractivity contribution in [1.29, 1.82) is 0 Å². The predicted molar refractivity (Wildman–Crippen MR) is 69.7 cm³/mol. The third kappa shape index (κ3) is 3.81. The Labute approximate surface area is 109 Å². The molecule has 0 heterocycles. The molecule has 0 spiro atoms. The number of nitrogens with zero attached hydrogens (tertiary/aromatic N) is 1. The van der Waals surface area contributed by atoms with Crippen LogP contribution in [0, 0.1) is 22.0 Å². The number of hydrogen-bond donors (Lipinski definition) is 1. The summed E-state index contributed by atoms with van der Waals surface area (Å²) in [7, 11) is 0. The summed E-state index contributed by atoms with van der Waals surface area (Å²) in [6.45, 7) is 2.25. The minimum Gasteiger partial charge on any atom is -0.378 e. The number of nitro benzene ring substituents is 1. The van der Waals surface area contributed by atoms with Crippen LogP contribution in [0.25, 0.3) is 0 Å². The summed E-state index contributed by atoms with van der Waals surface area (Å²) in [4.78, 5) is 10.3. The highest BCUT2D eigenvalue weighted by Crippen LogP contribution is 2.33. The number of nitrogens with one attached hydrogen (secondary N) is 1. The van der Waals surface area contributed by atoms with Crippen LogP contribution in [-0.4, -0.2) is 11.5 Å². The quantitative estimate of drug-likeness (QED) is 0.393. The molecule has 0 aromatic heterocycles. The number of halogens is 2. The molecule has 0 saturated heterocycles. The molecule has 0 saturated carbocycles. The molecule has 1 N–H and O–H groups in total. The van der Waals surface area contributed by atoms with Crippen molar-refractivity contribution in [3.63, 3.8) is 0 Å². The Hall–Kier alpha value is -1.44. The Balaban J connectivity index is 2.91. The van der Waals surface area contributed by atoms with Gasteiger partial charge in [-0.15, -0.1) is 11.8 Å². The number of nitro groups is 1. The van der Waals surface area contributed by atoms with Crippen molar-refractivity contribution < 1.29 is 4.92 Å². The lowest BCUT2D eigenvalue weighted by Gasteiger charge is -2.06. The summed E-state index contributed by atoms with van der Waals surface area (Å²) in [6.07, 6.45) is 0.605. The number of rotatable bonds is 4. The lowest BCUT2D eigenvalue weighted by atomic mass is 10.2. The lowest BCUT2D eigenvalue weighted by molar-refractivity contribution is -0.383. The van der Waals surface area contributed by atoms with Crippen LogP contribution in [0.2, 0.25) is 10.0 Å². The normalized spacial score (nSPS) is 9.35.